The third-order valence-electron chi connectivity index (χ3n) is 6.02. The van der Waals surface area contributed by atoms with Gasteiger partial charge in [0.05, 0.1) is 24.8 Å². The largest absolute Gasteiger partial charge is 0.507 e. The number of amides is 1. The molecule has 2 aromatic rings. The predicted octanol–water partition coefficient (Wildman–Crippen LogP) is 5.22. The van der Waals surface area contributed by atoms with E-state index < -0.39 is 17.7 Å². The van der Waals surface area contributed by atoms with Gasteiger partial charge >= 0.3 is 0 Å². The second kappa shape index (κ2) is 10.9. The first kappa shape index (κ1) is 25.5. The molecule has 1 aliphatic heterocycles. The van der Waals surface area contributed by atoms with E-state index in [1.165, 1.54) is 4.90 Å². The number of aliphatic hydroxyl groups is 1. The standard InChI is InChI=1S/C28H35NO5/c1-17(2)16-34-23-12-11-22(15-19(23)5)26(30)24-25(21-9-7-20(8-10-21)18(3)4)29(13-14-33-6)28(32)27(24)31/h7-12,15,17-18,25,30H,13-14,16H2,1-6H3/b26-24-. The van der Waals surface area contributed by atoms with E-state index >= 15 is 0 Å². The van der Waals surface area contributed by atoms with Crippen LogP contribution in [-0.4, -0.2) is 48.6 Å². The summed E-state index contributed by atoms with van der Waals surface area (Å²) in [5.41, 5.74) is 3.34. The Morgan fingerprint density at radius 3 is 2.29 bits per heavy atom. The number of likely N-dealkylation sites (tertiary alicyclic amines) is 1. The van der Waals surface area contributed by atoms with E-state index in [9.17, 15) is 14.7 Å². The van der Waals surface area contributed by atoms with E-state index in [1.807, 2.05) is 31.2 Å². The zero-order chi connectivity index (χ0) is 25.0. The van der Waals surface area contributed by atoms with Crippen molar-refractivity contribution in [3.63, 3.8) is 0 Å². The number of benzene rings is 2. The number of carbonyl (C=O) groups is 2. The molecule has 0 bridgehead atoms. The van der Waals surface area contributed by atoms with Crippen LogP contribution < -0.4 is 4.74 Å². The Labute approximate surface area is 202 Å². The molecule has 0 aliphatic carbocycles. The van der Waals surface area contributed by atoms with Crippen LogP contribution in [0.4, 0.5) is 0 Å². The van der Waals surface area contributed by atoms with Crippen molar-refractivity contribution in [2.24, 2.45) is 5.92 Å². The van der Waals surface area contributed by atoms with Gasteiger partial charge in [-0.3, -0.25) is 9.59 Å². The molecule has 182 valence electrons. The molecule has 6 nitrogen and oxygen atoms in total. The lowest BCUT2D eigenvalue weighted by molar-refractivity contribution is -0.140. The highest BCUT2D eigenvalue weighted by molar-refractivity contribution is 6.46. The molecule has 0 aromatic heterocycles. The minimum absolute atomic E-state index is 0.0913. The average Bonchev–Trinajstić information content (AvgIpc) is 3.06. The first-order valence-corrected chi connectivity index (χ1v) is 11.8. The van der Waals surface area contributed by atoms with Crippen molar-refractivity contribution in [3.05, 3.63) is 70.3 Å². The number of ether oxygens (including phenoxy) is 2. The minimum atomic E-state index is -0.690. The first-order chi connectivity index (χ1) is 16.1. The van der Waals surface area contributed by atoms with Crippen molar-refractivity contribution < 1.29 is 24.2 Å². The summed E-state index contributed by atoms with van der Waals surface area (Å²) < 4.78 is 11.0. The van der Waals surface area contributed by atoms with Gasteiger partial charge in [-0.1, -0.05) is 52.0 Å². The molecule has 3 rings (SSSR count). The third-order valence-corrected chi connectivity index (χ3v) is 6.02. The number of methoxy groups -OCH3 is 1. The van der Waals surface area contributed by atoms with Crippen LogP contribution in [0, 0.1) is 12.8 Å². The van der Waals surface area contributed by atoms with Crippen molar-refractivity contribution >= 4 is 17.4 Å². The fraction of sp³-hybridized carbons (Fsp3) is 0.429. The lowest BCUT2D eigenvalue weighted by Crippen LogP contribution is -2.32. The highest BCUT2D eigenvalue weighted by Crippen LogP contribution is 2.40. The van der Waals surface area contributed by atoms with Crippen LogP contribution in [-0.2, 0) is 14.3 Å². The van der Waals surface area contributed by atoms with Crippen molar-refractivity contribution in [1.82, 2.24) is 4.90 Å². The Morgan fingerprint density at radius 1 is 1.06 bits per heavy atom. The van der Waals surface area contributed by atoms with Crippen LogP contribution in [0.15, 0.2) is 48.0 Å². The number of hydrogen-bond donors (Lipinski definition) is 1. The summed E-state index contributed by atoms with van der Waals surface area (Å²) in [4.78, 5) is 27.5. The van der Waals surface area contributed by atoms with Gasteiger partial charge in [0.25, 0.3) is 11.7 Å². The van der Waals surface area contributed by atoms with Crippen LogP contribution >= 0.6 is 0 Å². The van der Waals surface area contributed by atoms with E-state index in [-0.39, 0.29) is 24.5 Å². The number of carbonyl (C=O) groups excluding carboxylic acids is 2. The average molecular weight is 466 g/mol. The fourth-order valence-corrected chi connectivity index (χ4v) is 4.08. The second-order valence-corrected chi connectivity index (χ2v) is 9.49. The molecule has 1 aliphatic rings. The lowest BCUT2D eigenvalue weighted by atomic mass is 9.93. The molecule has 2 aromatic carbocycles. The van der Waals surface area contributed by atoms with Crippen molar-refractivity contribution in [2.75, 3.05) is 26.9 Å². The maximum atomic E-state index is 13.1. The van der Waals surface area contributed by atoms with Gasteiger partial charge in [0, 0.05) is 19.2 Å². The Kier molecular flexibility index (Phi) is 8.15. The normalized spacial score (nSPS) is 17.8. The van der Waals surface area contributed by atoms with Gasteiger partial charge < -0.3 is 19.5 Å². The SMILES string of the molecule is COCCN1C(=O)C(=O)/C(=C(\O)c2ccc(OCC(C)C)c(C)c2)C1c1ccc(C(C)C)cc1. The van der Waals surface area contributed by atoms with Crippen LogP contribution in [0.25, 0.3) is 5.76 Å². The molecule has 1 atom stereocenters. The van der Waals surface area contributed by atoms with Gasteiger partial charge in [0.15, 0.2) is 0 Å². The number of Topliss-reactive ketones (excluding diaryl/α,β-unsaturated/α-hetero) is 1. The Hall–Kier alpha value is -3.12. The molecule has 1 N–H and O–H groups in total. The van der Waals surface area contributed by atoms with E-state index in [0.29, 0.717) is 24.0 Å². The molecule has 0 spiro atoms. The summed E-state index contributed by atoms with van der Waals surface area (Å²) in [5.74, 6) is -0.0400. The van der Waals surface area contributed by atoms with Crippen molar-refractivity contribution in [3.8, 4) is 5.75 Å². The quantitative estimate of drug-likeness (QED) is 0.312. The molecule has 0 saturated carbocycles. The molecule has 1 fully saturated rings. The molecule has 0 radical (unpaired) electrons. The highest BCUT2D eigenvalue weighted by atomic mass is 16.5. The molecular formula is C28H35NO5. The Bertz CT molecular complexity index is 1070. The molecule has 6 heteroatoms. The molecule has 1 amide bonds. The molecular weight excluding hydrogens is 430 g/mol. The molecule has 1 saturated heterocycles. The Morgan fingerprint density at radius 2 is 1.74 bits per heavy atom. The predicted molar refractivity (Wildman–Crippen MR) is 133 cm³/mol. The van der Waals surface area contributed by atoms with Gasteiger partial charge in [0.1, 0.15) is 11.5 Å². The Balaban J connectivity index is 2.07. The summed E-state index contributed by atoms with van der Waals surface area (Å²) in [6.07, 6.45) is 0. The van der Waals surface area contributed by atoms with E-state index in [2.05, 4.69) is 27.7 Å². The fourth-order valence-electron chi connectivity index (χ4n) is 4.08. The molecule has 1 unspecified atom stereocenters. The van der Waals surface area contributed by atoms with Gasteiger partial charge in [-0.05, 0) is 53.6 Å². The topological polar surface area (TPSA) is 76.1 Å². The van der Waals surface area contributed by atoms with Gasteiger partial charge in [-0.15, -0.1) is 0 Å². The second-order valence-electron chi connectivity index (χ2n) is 9.49. The summed E-state index contributed by atoms with van der Waals surface area (Å²) in [6, 6.07) is 12.5. The molecule has 34 heavy (non-hydrogen) atoms. The number of aryl methyl sites for hydroxylation is 1. The number of nitrogens with zero attached hydrogens (tertiary/aromatic N) is 1. The zero-order valence-electron chi connectivity index (χ0n) is 20.9. The van der Waals surface area contributed by atoms with Crippen molar-refractivity contribution in [2.45, 2.75) is 46.6 Å². The first-order valence-electron chi connectivity index (χ1n) is 11.8. The van der Waals surface area contributed by atoms with Crippen LogP contribution in [0.1, 0.15) is 61.9 Å². The lowest BCUT2D eigenvalue weighted by Gasteiger charge is -2.25. The zero-order valence-corrected chi connectivity index (χ0v) is 20.9. The number of hydrogen-bond acceptors (Lipinski definition) is 5. The maximum Gasteiger partial charge on any atom is 0.295 e. The highest BCUT2D eigenvalue weighted by Gasteiger charge is 2.45. The summed E-state index contributed by atoms with van der Waals surface area (Å²) in [6.45, 7) is 11.4. The molecule has 1 heterocycles. The maximum absolute atomic E-state index is 13.1. The summed E-state index contributed by atoms with van der Waals surface area (Å²) in [5, 5.41) is 11.3. The van der Waals surface area contributed by atoms with Gasteiger partial charge in [0.2, 0.25) is 0 Å². The van der Waals surface area contributed by atoms with Crippen LogP contribution in [0.3, 0.4) is 0 Å². The van der Waals surface area contributed by atoms with Gasteiger partial charge in [-0.25, -0.2) is 0 Å². The van der Waals surface area contributed by atoms with Gasteiger partial charge in [-0.2, -0.15) is 0 Å². The minimum Gasteiger partial charge on any atom is -0.507 e. The summed E-state index contributed by atoms with van der Waals surface area (Å²) >= 11 is 0. The van der Waals surface area contributed by atoms with Crippen LogP contribution in [0.5, 0.6) is 5.75 Å². The monoisotopic (exact) mass is 465 g/mol. The van der Waals surface area contributed by atoms with E-state index in [1.54, 1.807) is 25.3 Å². The number of aliphatic hydroxyl groups excluding tert-OH is 1. The summed E-state index contributed by atoms with van der Waals surface area (Å²) in [7, 11) is 1.55. The number of rotatable bonds is 9. The van der Waals surface area contributed by atoms with Crippen LogP contribution in [0.2, 0.25) is 0 Å². The van der Waals surface area contributed by atoms with Crippen molar-refractivity contribution in [1.29, 1.82) is 0 Å². The third kappa shape index (κ3) is 5.33. The smallest absolute Gasteiger partial charge is 0.295 e. The van der Waals surface area contributed by atoms with E-state index in [4.69, 9.17) is 9.47 Å². The van der Waals surface area contributed by atoms with E-state index in [0.717, 1.165) is 22.4 Å². The number of ketones is 1.